The van der Waals surface area contributed by atoms with Crippen LogP contribution in [0, 0.1) is 11.8 Å². The number of aromatic amines is 2. The Morgan fingerprint density at radius 1 is 1.00 bits per heavy atom. The molecule has 2 aromatic carbocycles. The summed E-state index contributed by atoms with van der Waals surface area (Å²) in [6.45, 7) is 7.63. The molecular formula is C30H34N4. The lowest BCUT2D eigenvalue weighted by atomic mass is 9.74. The van der Waals surface area contributed by atoms with Crippen molar-refractivity contribution in [2.45, 2.75) is 44.3 Å². The Morgan fingerprint density at radius 3 is 2.53 bits per heavy atom. The minimum Gasteiger partial charge on any atom is -0.358 e. The Labute approximate surface area is 201 Å². The van der Waals surface area contributed by atoms with Gasteiger partial charge in [-0.2, -0.15) is 0 Å². The van der Waals surface area contributed by atoms with Crippen LogP contribution in [0.25, 0.3) is 21.8 Å². The van der Waals surface area contributed by atoms with Crippen LogP contribution < -0.4 is 0 Å². The van der Waals surface area contributed by atoms with Crippen molar-refractivity contribution < 1.29 is 0 Å². The van der Waals surface area contributed by atoms with Crippen molar-refractivity contribution in [3.63, 3.8) is 0 Å². The molecule has 0 spiro atoms. The molecule has 34 heavy (non-hydrogen) atoms. The molecule has 3 aliphatic rings. The van der Waals surface area contributed by atoms with Crippen LogP contribution in [0.3, 0.4) is 0 Å². The van der Waals surface area contributed by atoms with Crippen molar-refractivity contribution in [1.29, 1.82) is 0 Å². The second kappa shape index (κ2) is 7.86. The molecule has 1 fully saturated rings. The summed E-state index contributed by atoms with van der Waals surface area (Å²) in [5, 5.41) is 2.83. The van der Waals surface area contributed by atoms with Gasteiger partial charge in [-0.25, -0.2) is 0 Å². The first kappa shape index (κ1) is 20.5. The minimum absolute atomic E-state index is 0.461. The van der Waals surface area contributed by atoms with E-state index in [2.05, 4.69) is 88.0 Å². The molecule has 1 saturated heterocycles. The Balaban J connectivity index is 1.18. The Bertz CT molecular complexity index is 1380. The highest BCUT2D eigenvalue weighted by Crippen LogP contribution is 2.44. The summed E-state index contributed by atoms with van der Waals surface area (Å²) in [4.78, 5) is 12.9. The average molecular weight is 451 g/mol. The molecular weight excluding hydrogens is 416 g/mol. The largest absolute Gasteiger partial charge is 0.358 e. The van der Waals surface area contributed by atoms with Gasteiger partial charge in [0.15, 0.2) is 0 Å². The predicted octanol–water partition coefficient (Wildman–Crippen LogP) is 5.82. The maximum absolute atomic E-state index is 4.29. The zero-order chi connectivity index (χ0) is 22.8. The number of benzene rings is 2. The molecule has 4 atom stereocenters. The van der Waals surface area contributed by atoms with Crippen LogP contribution in [0.1, 0.15) is 41.4 Å². The van der Waals surface area contributed by atoms with E-state index < -0.39 is 0 Å². The molecule has 5 heterocycles. The second-order valence-electron chi connectivity index (χ2n) is 10.9. The number of aromatic nitrogens is 2. The van der Waals surface area contributed by atoms with Gasteiger partial charge in [0, 0.05) is 65.3 Å². The Morgan fingerprint density at radius 2 is 1.74 bits per heavy atom. The SMILES string of the molecule is C=CC1CN2Cc3c([nH]c4ccccc34)CC2CC1CC1c2[nH]c3ccccc3c2CCN1C. The highest BCUT2D eigenvalue weighted by molar-refractivity contribution is 5.85. The van der Waals surface area contributed by atoms with Crippen molar-refractivity contribution in [3.8, 4) is 0 Å². The van der Waals surface area contributed by atoms with E-state index in [9.17, 15) is 0 Å². The predicted molar refractivity (Wildman–Crippen MR) is 140 cm³/mol. The molecule has 3 aliphatic heterocycles. The molecule has 4 aromatic rings. The fourth-order valence-corrected chi connectivity index (χ4v) is 7.26. The van der Waals surface area contributed by atoms with E-state index in [0.717, 1.165) is 32.5 Å². The van der Waals surface area contributed by atoms with E-state index in [-0.39, 0.29) is 0 Å². The molecule has 0 amide bonds. The molecule has 4 nitrogen and oxygen atoms in total. The number of fused-ring (bicyclic) bond motifs is 7. The van der Waals surface area contributed by atoms with Crippen molar-refractivity contribution in [2.75, 3.05) is 20.1 Å². The smallest absolute Gasteiger partial charge is 0.0501 e. The zero-order valence-electron chi connectivity index (χ0n) is 20.1. The standard InChI is InChI=1S/C30H34N4/c1-3-19-17-34-18-25-23-9-5-6-10-26(23)31-28(25)16-21(34)14-20(19)15-29-30-24(12-13-33(29)2)22-8-4-7-11-27(22)32-30/h3-11,19-21,29,31-32H,1,12-18H2,2H3. The lowest BCUT2D eigenvalue weighted by molar-refractivity contribution is 0.0471. The maximum atomic E-state index is 4.29. The molecule has 0 saturated carbocycles. The van der Waals surface area contributed by atoms with Gasteiger partial charge in [-0.05, 0) is 61.4 Å². The van der Waals surface area contributed by atoms with Gasteiger partial charge in [0.2, 0.25) is 0 Å². The fraction of sp³-hybridized carbons (Fsp3) is 0.400. The maximum Gasteiger partial charge on any atom is 0.0501 e. The summed E-state index contributed by atoms with van der Waals surface area (Å²) in [5.74, 6) is 1.21. The van der Waals surface area contributed by atoms with Gasteiger partial charge in [-0.15, -0.1) is 6.58 Å². The van der Waals surface area contributed by atoms with Crippen LogP contribution in [-0.4, -0.2) is 45.9 Å². The van der Waals surface area contributed by atoms with Gasteiger partial charge in [0.05, 0.1) is 6.04 Å². The lowest BCUT2D eigenvalue weighted by Gasteiger charge is -2.47. The van der Waals surface area contributed by atoms with Gasteiger partial charge >= 0.3 is 0 Å². The van der Waals surface area contributed by atoms with E-state index in [1.165, 1.54) is 51.6 Å². The third-order valence-electron chi connectivity index (χ3n) is 9.10. The van der Waals surface area contributed by atoms with Gasteiger partial charge in [-0.3, -0.25) is 9.80 Å². The van der Waals surface area contributed by atoms with Crippen LogP contribution >= 0.6 is 0 Å². The highest BCUT2D eigenvalue weighted by Gasteiger charge is 2.40. The molecule has 2 N–H and O–H groups in total. The number of hydrogen-bond acceptors (Lipinski definition) is 2. The van der Waals surface area contributed by atoms with Gasteiger partial charge in [0.25, 0.3) is 0 Å². The normalized spacial score (nSPS) is 27.4. The summed E-state index contributed by atoms with van der Waals surface area (Å²) >= 11 is 0. The number of para-hydroxylation sites is 2. The van der Waals surface area contributed by atoms with Gasteiger partial charge < -0.3 is 9.97 Å². The number of hydrogen-bond donors (Lipinski definition) is 2. The van der Waals surface area contributed by atoms with Crippen LogP contribution in [0.5, 0.6) is 0 Å². The van der Waals surface area contributed by atoms with E-state index in [0.29, 0.717) is 23.9 Å². The van der Waals surface area contributed by atoms with Gasteiger partial charge in [-0.1, -0.05) is 42.5 Å². The molecule has 0 bridgehead atoms. The first-order valence-electron chi connectivity index (χ1n) is 12.9. The van der Waals surface area contributed by atoms with Crippen molar-refractivity contribution in [1.82, 2.24) is 19.8 Å². The summed E-state index contributed by atoms with van der Waals surface area (Å²) < 4.78 is 0. The number of piperidine rings is 1. The third-order valence-corrected chi connectivity index (χ3v) is 9.10. The van der Waals surface area contributed by atoms with Crippen molar-refractivity contribution in [2.24, 2.45) is 11.8 Å². The zero-order valence-corrected chi connectivity index (χ0v) is 20.1. The monoisotopic (exact) mass is 450 g/mol. The summed E-state index contributed by atoms with van der Waals surface area (Å²) in [6.07, 6.45) is 6.99. The number of H-pyrrole nitrogens is 2. The summed E-state index contributed by atoms with van der Waals surface area (Å²) in [7, 11) is 2.31. The van der Waals surface area contributed by atoms with Gasteiger partial charge in [0.1, 0.15) is 0 Å². The molecule has 2 aromatic heterocycles. The Kier molecular flexibility index (Phi) is 4.75. The molecule has 0 aliphatic carbocycles. The number of nitrogens with one attached hydrogen (secondary N) is 2. The second-order valence-corrected chi connectivity index (χ2v) is 10.9. The molecule has 4 unspecified atom stereocenters. The third kappa shape index (κ3) is 3.12. The highest BCUT2D eigenvalue weighted by atomic mass is 15.2. The van der Waals surface area contributed by atoms with E-state index in [1.54, 1.807) is 5.56 Å². The Hall–Kier alpha value is -2.82. The summed E-state index contributed by atoms with van der Waals surface area (Å²) in [5.41, 5.74) is 8.57. The number of rotatable bonds is 3. The number of nitrogens with zero attached hydrogens (tertiary/aromatic N) is 2. The first-order valence-corrected chi connectivity index (χ1v) is 12.9. The van der Waals surface area contributed by atoms with Crippen LogP contribution in [0.4, 0.5) is 0 Å². The molecule has 4 heteroatoms. The van der Waals surface area contributed by atoms with E-state index >= 15 is 0 Å². The summed E-state index contributed by atoms with van der Waals surface area (Å²) in [6, 6.07) is 18.7. The minimum atomic E-state index is 0.461. The lowest BCUT2D eigenvalue weighted by Crippen LogP contribution is -2.50. The van der Waals surface area contributed by atoms with Crippen LogP contribution in [0.15, 0.2) is 61.2 Å². The van der Waals surface area contributed by atoms with E-state index in [1.807, 2.05) is 0 Å². The first-order chi connectivity index (χ1) is 16.7. The molecule has 174 valence electrons. The average Bonchev–Trinajstić information content (AvgIpc) is 3.42. The fourth-order valence-electron chi connectivity index (χ4n) is 7.26. The quantitative estimate of drug-likeness (QED) is 0.386. The number of likely N-dealkylation sites (N-methyl/N-ethyl adjacent to an activating group) is 1. The molecule has 0 radical (unpaired) electrons. The topological polar surface area (TPSA) is 38.1 Å². The van der Waals surface area contributed by atoms with Crippen LogP contribution in [-0.2, 0) is 19.4 Å². The van der Waals surface area contributed by atoms with Crippen molar-refractivity contribution in [3.05, 3.63) is 83.7 Å². The van der Waals surface area contributed by atoms with Crippen molar-refractivity contribution >= 4 is 21.8 Å². The molecule has 7 rings (SSSR count). The van der Waals surface area contributed by atoms with E-state index in [4.69, 9.17) is 0 Å². The van der Waals surface area contributed by atoms with Crippen LogP contribution in [0.2, 0.25) is 0 Å².